The molecule has 0 aromatic heterocycles. The maximum Gasteiger partial charge on any atom is -0.0169 e. The molecule has 0 amide bonds. The van der Waals surface area contributed by atoms with Crippen LogP contribution in [0.2, 0.25) is 0 Å². The Hall–Kier alpha value is -1.04. The molecule has 0 saturated heterocycles. The maximum atomic E-state index is 3.18. The highest BCUT2D eigenvalue weighted by Gasteiger charge is 1.81. The molecule has 0 spiro atoms. The molecule has 0 saturated carbocycles. The Morgan fingerprint density at radius 1 is 0.714 bits per heavy atom. The maximum absolute atomic E-state index is 3.18. The van der Waals surface area contributed by atoms with Crippen molar-refractivity contribution in [3.63, 3.8) is 0 Å². The molecule has 1 aliphatic rings. The van der Waals surface area contributed by atoms with Crippen LogP contribution >= 0.6 is 0 Å². The lowest BCUT2D eigenvalue weighted by Crippen LogP contribution is -1.71. The Morgan fingerprint density at radius 2 is 1.50 bits per heavy atom. The van der Waals surface area contributed by atoms with E-state index in [1.54, 1.807) is 0 Å². The Kier molecular flexibility index (Phi) is 6.74. The van der Waals surface area contributed by atoms with Crippen LogP contribution in [-0.4, -0.2) is 0 Å². The minimum atomic E-state index is 1.09. The molecule has 0 heterocycles. The highest BCUT2D eigenvalue weighted by molar-refractivity contribution is 4.98. The Balaban J connectivity index is 2.34. The lowest BCUT2D eigenvalue weighted by molar-refractivity contribution is 0.865. The summed E-state index contributed by atoms with van der Waals surface area (Å²) in [5.41, 5.74) is 0. The van der Waals surface area contributed by atoms with Gasteiger partial charge in [0, 0.05) is 0 Å². The predicted molar refractivity (Wildman–Crippen MR) is 62.9 cm³/mol. The Labute approximate surface area is 87.7 Å². The van der Waals surface area contributed by atoms with E-state index in [-0.39, 0.29) is 0 Å². The zero-order valence-electron chi connectivity index (χ0n) is 8.78. The van der Waals surface area contributed by atoms with Crippen LogP contribution in [0.1, 0.15) is 38.5 Å². The lowest BCUT2D eigenvalue weighted by Gasteiger charge is -1.91. The molecule has 0 N–H and O–H groups in total. The van der Waals surface area contributed by atoms with Crippen molar-refractivity contribution in [1.82, 2.24) is 0 Å². The van der Waals surface area contributed by atoms with Gasteiger partial charge in [0.2, 0.25) is 0 Å². The first-order chi connectivity index (χ1) is 7.00. The van der Waals surface area contributed by atoms with Crippen molar-refractivity contribution in [2.24, 2.45) is 0 Å². The van der Waals surface area contributed by atoms with Crippen molar-refractivity contribution in [3.8, 4) is 0 Å². The summed E-state index contributed by atoms with van der Waals surface area (Å²) in [6, 6.07) is 0. The van der Waals surface area contributed by atoms with Crippen LogP contribution in [0.15, 0.2) is 42.5 Å². The third-order valence-corrected chi connectivity index (χ3v) is 2.16. The van der Waals surface area contributed by atoms with Crippen molar-refractivity contribution >= 4 is 0 Å². The average Bonchev–Trinajstić information content (AvgIpc) is 2.22. The van der Waals surface area contributed by atoms with Gasteiger partial charge in [0.1, 0.15) is 0 Å². The van der Waals surface area contributed by atoms with E-state index in [1.165, 1.54) is 19.3 Å². The molecule has 1 radical (unpaired) electrons. The molecule has 0 heteroatoms. The quantitative estimate of drug-likeness (QED) is 0.494. The molecule has 0 nitrogen and oxygen atoms in total. The fourth-order valence-corrected chi connectivity index (χ4v) is 1.34. The summed E-state index contributed by atoms with van der Waals surface area (Å²) in [4.78, 5) is 0. The second-order valence-corrected chi connectivity index (χ2v) is 3.46. The first kappa shape index (κ1) is 11.0. The van der Waals surface area contributed by atoms with Gasteiger partial charge in [-0.05, 0) is 44.6 Å². The standard InChI is InChI=1S/C14H19/c1-2-4-6-8-10-12-14-13-11-9-7-5-3-1/h1-2,5,7-8,12,14H,3-4,6,9,11,13H2/b2-1+,7-5+,10-8?,14-12-. The summed E-state index contributed by atoms with van der Waals surface area (Å²) in [6.07, 6.45) is 25.5. The van der Waals surface area contributed by atoms with Crippen LogP contribution in [0.3, 0.4) is 0 Å². The summed E-state index contributed by atoms with van der Waals surface area (Å²) in [7, 11) is 0. The number of hydrogen-bond donors (Lipinski definition) is 0. The van der Waals surface area contributed by atoms with Gasteiger partial charge in [-0.2, -0.15) is 0 Å². The van der Waals surface area contributed by atoms with Crippen molar-refractivity contribution < 1.29 is 0 Å². The Bertz CT molecular complexity index is 228. The summed E-state index contributed by atoms with van der Waals surface area (Å²) in [6.45, 7) is 0. The van der Waals surface area contributed by atoms with Crippen LogP contribution < -0.4 is 0 Å². The van der Waals surface area contributed by atoms with Crippen molar-refractivity contribution in [2.45, 2.75) is 38.5 Å². The van der Waals surface area contributed by atoms with E-state index in [0.717, 1.165) is 19.3 Å². The van der Waals surface area contributed by atoms with Gasteiger partial charge >= 0.3 is 0 Å². The van der Waals surface area contributed by atoms with Gasteiger partial charge in [0.25, 0.3) is 0 Å². The van der Waals surface area contributed by atoms with Gasteiger partial charge < -0.3 is 0 Å². The van der Waals surface area contributed by atoms with Crippen LogP contribution in [0, 0.1) is 6.08 Å². The number of hydrogen-bond acceptors (Lipinski definition) is 0. The SMILES string of the molecule is [C]1=C/CC/C=C/C/C=C/CCC\C=C/1. The van der Waals surface area contributed by atoms with E-state index in [0.29, 0.717) is 0 Å². The molecule has 1 rings (SSSR count). The predicted octanol–water partition coefficient (Wildman–Crippen LogP) is 4.37. The molecule has 1 aliphatic carbocycles. The highest BCUT2D eigenvalue weighted by Crippen LogP contribution is 2.01. The lowest BCUT2D eigenvalue weighted by atomic mass is 10.2. The van der Waals surface area contributed by atoms with Gasteiger partial charge in [0.05, 0.1) is 0 Å². The minimum absolute atomic E-state index is 1.09. The Morgan fingerprint density at radius 3 is 2.43 bits per heavy atom. The molecule has 0 unspecified atom stereocenters. The van der Waals surface area contributed by atoms with E-state index in [4.69, 9.17) is 0 Å². The van der Waals surface area contributed by atoms with Crippen LogP contribution in [0.25, 0.3) is 0 Å². The van der Waals surface area contributed by atoms with Crippen molar-refractivity contribution in [2.75, 3.05) is 0 Å². The summed E-state index contributed by atoms with van der Waals surface area (Å²) in [5.74, 6) is 0. The van der Waals surface area contributed by atoms with E-state index in [2.05, 4.69) is 42.5 Å². The second-order valence-electron chi connectivity index (χ2n) is 3.46. The topological polar surface area (TPSA) is 0 Å². The summed E-state index contributed by atoms with van der Waals surface area (Å²) in [5, 5.41) is 0. The molecule has 75 valence electrons. The summed E-state index contributed by atoms with van der Waals surface area (Å²) < 4.78 is 0. The summed E-state index contributed by atoms with van der Waals surface area (Å²) >= 11 is 0. The minimum Gasteiger partial charge on any atom is -0.0882 e. The van der Waals surface area contributed by atoms with E-state index < -0.39 is 0 Å². The zero-order chi connectivity index (χ0) is 9.90. The average molecular weight is 187 g/mol. The molecular formula is C14H19. The van der Waals surface area contributed by atoms with Gasteiger partial charge in [-0.15, -0.1) is 0 Å². The first-order valence-corrected chi connectivity index (χ1v) is 5.53. The fraction of sp³-hybridized carbons (Fsp3) is 0.429. The van der Waals surface area contributed by atoms with Gasteiger partial charge in [0.15, 0.2) is 0 Å². The molecular weight excluding hydrogens is 168 g/mol. The highest BCUT2D eigenvalue weighted by atomic mass is 13.9. The van der Waals surface area contributed by atoms with Crippen LogP contribution in [-0.2, 0) is 0 Å². The zero-order valence-corrected chi connectivity index (χ0v) is 8.78. The molecule has 0 bridgehead atoms. The smallest absolute Gasteiger partial charge is 0.0169 e. The first-order valence-electron chi connectivity index (χ1n) is 5.53. The number of rotatable bonds is 0. The van der Waals surface area contributed by atoms with Gasteiger partial charge in [-0.3, -0.25) is 0 Å². The van der Waals surface area contributed by atoms with E-state index in [9.17, 15) is 0 Å². The molecule has 0 aromatic rings. The largest absolute Gasteiger partial charge is 0.0882 e. The molecule has 14 heavy (non-hydrogen) atoms. The van der Waals surface area contributed by atoms with Gasteiger partial charge in [-0.1, -0.05) is 42.5 Å². The third-order valence-electron chi connectivity index (χ3n) is 2.16. The van der Waals surface area contributed by atoms with Gasteiger partial charge in [-0.25, -0.2) is 0 Å². The molecule has 0 aliphatic heterocycles. The molecule has 0 aromatic carbocycles. The van der Waals surface area contributed by atoms with Crippen molar-refractivity contribution in [3.05, 3.63) is 48.6 Å². The van der Waals surface area contributed by atoms with Crippen molar-refractivity contribution in [1.29, 1.82) is 0 Å². The van der Waals surface area contributed by atoms with Crippen LogP contribution in [0.4, 0.5) is 0 Å². The monoisotopic (exact) mass is 187 g/mol. The third kappa shape index (κ3) is 6.47. The molecule has 0 atom stereocenters. The number of allylic oxidation sites excluding steroid dienone is 8. The fourth-order valence-electron chi connectivity index (χ4n) is 1.34. The normalized spacial score (nSPS) is 28.6. The van der Waals surface area contributed by atoms with E-state index >= 15 is 0 Å². The van der Waals surface area contributed by atoms with E-state index in [1.807, 2.05) is 6.08 Å². The second kappa shape index (κ2) is 8.55. The van der Waals surface area contributed by atoms with Crippen LogP contribution in [0.5, 0.6) is 0 Å². The molecule has 0 fully saturated rings.